The second-order valence-corrected chi connectivity index (χ2v) is 10.9. The number of thiophene rings is 1. The van der Waals surface area contributed by atoms with Gasteiger partial charge in [0.1, 0.15) is 0 Å². The highest BCUT2D eigenvalue weighted by Crippen LogP contribution is 2.40. The van der Waals surface area contributed by atoms with Gasteiger partial charge in [0.25, 0.3) is 0 Å². The topological polar surface area (TPSA) is 4.93 Å². The van der Waals surface area contributed by atoms with Crippen molar-refractivity contribution in [1.29, 1.82) is 0 Å². The summed E-state index contributed by atoms with van der Waals surface area (Å²) in [4.78, 5) is 0. The number of hydrogen-bond donors (Lipinski definition) is 0. The Morgan fingerprint density at radius 2 is 0.947 bits per heavy atom. The first-order valence-electron chi connectivity index (χ1n) is 12.9. The normalized spacial score (nSPS) is 11.7. The lowest BCUT2D eigenvalue weighted by Gasteiger charge is -2.09. The van der Waals surface area contributed by atoms with Crippen molar-refractivity contribution in [3.05, 3.63) is 140 Å². The molecule has 0 radical (unpaired) electrons. The molecular formula is C36H23NS. The van der Waals surface area contributed by atoms with Gasteiger partial charge in [-0.2, -0.15) is 0 Å². The van der Waals surface area contributed by atoms with E-state index in [2.05, 4.69) is 144 Å². The van der Waals surface area contributed by atoms with Gasteiger partial charge in [-0.3, -0.25) is 0 Å². The maximum Gasteiger partial charge on any atom is 0.0541 e. The van der Waals surface area contributed by atoms with Crippen LogP contribution in [0.15, 0.2) is 140 Å². The molecule has 38 heavy (non-hydrogen) atoms. The molecule has 0 aliphatic carbocycles. The van der Waals surface area contributed by atoms with Crippen LogP contribution in [0.5, 0.6) is 0 Å². The van der Waals surface area contributed by atoms with Crippen LogP contribution in [0.3, 0.4) is 0 Å². The summed E-state index contributed by atoms with van der Waals surface area (Å²) < 4.78 is 5.06. The highest BCUT2D eigenvalue weighted by atomic mass is 32.1. The summed E-state index contributed by atoms with van der Waals surface area (Å²) in [7, 11) is 0. The molecule has 0 spiro atoms. The predicted octanol–water partition coefficient (Wildman–Crippen LogP) is 10.5. The van der Waals surface area contributed by atoms with E-state index in [1.165, 1.54) is 69.9 Å². The van der Waals surface area contributed by atoms with Crippen molar-refractivity contribution in [1.82, 2.24) is 4.57 Å². The molecule has 1 nitrogen and oxygen atoms in total. The molecule has 0 saturated carbocycles. The van der Waals surface area contributed by atoms with Gasteiger partial charge in [0.05, 0.1) is 11.0 Å². The minimum Gasteiger partial charge on any atom is -0.309 e. The Bertz CT molecular complexity index is 2110. The standard InChI is InChI=1S/C36H23NS/c1-3-9-24(10-4-1)26-16-20-34-32(21-26)29-13-7-8-14-33(29)37(34)28-17-19-31-30-18-15-27(25-11-5-2-6-12-25)22-35(30)38-36(31)23-28/h1-23H. The molecular weight excluding hydrogens is 478 g/mol. The van der Waals surface area contributed by atoms with Crippen LogP contribution < -0.4 is 0 Å². The highest BCUT2D eigenvalue weighted by molar-refractivity contribution is 7.25. The molecule has 2 heterocycles. The van der Waals surface area contributed by atoms with Gasteiger partial charge >= 0.3 is 0 Å². The number of benzene rings is 6. The van der Waals surface area contributed by atoms with Crippen molar-refractivity contribution in [2.45, 2.75) is 0 Å². The fraction of sp³-hybridized carbons (Fsp3) is 0. The number of rotatable bonds is 3. The van der Waals surface area contributed by atoms with E-state index in [-0.39, 0.29) is 0 Å². The van der Waals surface area contributed by atoms with Gasteiger partial charge in [0, 0.05) is 36.6 Å². The molecule has 6 aromatic carbocycles. The molecule has 0 unspecified atom stereocenters. The molecule has 0 fully saturated rings. The van der Waals surface area contributed by atoms with Crippen molar-refractivity contribution in [3.8, 4) is 27.9 Å². The van der Waals surface area contributed by atoms with Gasteiger partial charge in [-0.15, -0.1) is 11.3 Å². The van der Waals surface area contributed by atoms with Crippen LogP contribution in [0.1, 0.15) is 0 Å². The SMILES string of the molecule is c1ccc(-c2ccc3c(c2)sc2cc(-n4c5ccccc5c5cc(-c6ccccc6)ccc54)ccc23)cc1. The number of nitrogens with zero attached hydrogens (tertiary/aromatic N) is 1. The molecule has 8 rings (SSSR count). The smallest absolute Gasteiger partial charge is 0.0541 e. The van der Waals surface area contributed by atoms with Crippen LogP contribution >= 0.6 is 11.3 Å². The summed E-state index contributed by atoms with van der Waals surface area (Å²) in [5.74, 6) is 0. The Morgan fingerprint density at radius 3 is 1.71 bits per heavy atom. The second-order valence-electron chi connectivity index (χ2n) is 9.81. The maximum atomic E-state index is 2.42. The molecule has 0 N–H and O–H groups in total. The Morgan fingerprint density at radius 1 is 0.368 bits per heavy atom. The third kappa shape index (κ3) is 3.31. The van der Waals surface area contributed by atoms with Gasteiger partial charge in [-0.1, -0.05) is 103 Å². The van der Waals surface area contributed by atoms with Gasteiger partial charge in [-0.05, 0) is 58.7 Å². The largest absolute Gasteiger partial charge is 0.309 e. The van der Waals surface area contributed by atoms with E-state index in [1.807, 2.05) is 11.3 Å². The molecule has 0 aliphatic heterocycles. The number of para-hydroxylation sites is 1. The number of fused-ring (bicyclic) bond motifs is 6. The summed E-state index contributed by atoms with van der Waals surface area (Å²) >= 11 is 1.88. The zero-order chi connectivity index (χ0) is 25.1. The van der Waals surface area contributed by atoms with Crippen molar-refractivity contribution < 1.29 is 0 Å². The zero-order valence-corrected chi connectivity index (χ0v) is 21.5. The first-order valence-corrected chi connectivity index (χ1v) is 13.8. The lowest BCUT2D eigenvalue weighted by Crippen LogP contribution is -1.93. The maximum absolute atomic E-state index is 2.42. The quantitative estimate of drug-likeness (QED) is 0.227. The Balaban J connectivity index is 1.32. The molecule has 0 bridgehead atoms. The Labute approximate surface area is 224 Å². The third-order valence-corrected chi connectivity index (χ3v) is 8.72. The van der Waals surface area contributed by atoms with Gasteiger partial charge in [-0.25, -0.2) is 0 Å². The van der Waals surface area contributed by atoms with Crippen molar-refractivity contribution in [2.75, 3.05) is 0 Å². The van der Waals surface area contributed by atoms with Gasteiger partial charge in [0.2, 0.25) is 0 Å². The van der Waals surface area contributed by atoms with Crippen LogP contribution in [0.25, 0.3) is 69.9 Å². The van der Waals surface area contributed by atoms with Crippen molar-refractivity contribution in [3.63, 3.8) is 0 Å². The van der Waals surface area contributed by atoms with E-state index in [0.29, 0.717) is 0 Å². The lowest BCUT2D eigenvalue weighted by molar-refractivity contribution is 1.19. The molecule has 8 aromatic rings. The first-order chi connectivity index (χ1) is 18.8. The molecule has 0 aliphatic rings. The lowest BCUT2D eigenvalue weighted by atomic mass is 10.0. The average molecular weight is 502 g/mol. The zero-order valence-electron chi connectivity index (χ0n) is 20.6. The van der Waals surface area contributed by atoms with E-state index in [9.17, 15) is 0 Å². The predicted molar refractivity (Wildman–Crippen MR) is 165 cm³/mol. The van der Waals surface area contributed by atoms with Crippen LogP contribution in [0.4, 0.5) is 0 Å². The molecule has 178 valence electrons. The van der Waals surface area contributed by atoms with Gasteiger partial charge < -0.3 is 4.57 Å². The monoisotopic (exact) mass is 501 g/mol. The number of hydrogen-bond acceptors (Lipinski definition) is 1. The second kappa shape index (κ2) is 8.44. The van der Waals surface area contributed by atoms with Crippen molar-refractivity contribution in [2.24, 2.45) is 0 Å². The van der Waals surface area contributed by atoms with Gasteiger partial charge in [0.15, 0.2) is 0 Å². The molecule has 2 heteroatoms. The van der Waals surface area contributed by atoms with Crippen LogP contribution in [-0.2, 0) is 0 Å². The Kier molecular flexibility index (Phi) is 4.76. The van der Waals surface area contributed by atoms with E-state index in [1.54, 1.807) is 0 Å². The summed E-state index contributed by atoms with van der Waals surface area (Å²) in [6.45, 7) is 0. The van der Waals surface area contributed by atoms with Crippen LogP contribution in [0.2, 0.25) is 0 Å². The van der Waals surface area contributed by atoms with E-state index in [0.717, 1.165) is 0 Å². The average Bonchev–Trinajstić information content (AvgIpc) is 3.52. The minimum absolute atomic E-state index is 1.20. The highest BCUT2D eigenvalue weighted by Gasteiger charge is 2.15. The molecule has 0 amide bonds. The molecule has 2 aromatic heterocycles. The van der Waals surface area contributed by atoms with Crippen LogP contribution in [-0.4, -0.2) is 4.57 Å². The minimum atomic E-state index is 1.20. The van der Waals surface area contributed by atoms with E-state index >= 15 is 0 Å². The molecule has 0 atom stereocenters. The molecule has 0 saturated heterocycles. The summed E-state index contributed by atoms with van der Waals surface area (Å²) in [6, 6.07) is 50.7. The summed E-state index contributed by atoms with van der Waals surface area (Å²) in [6.07, 6.45) is 0. The fourth-order valence-electron chi connectivity index (χ4n) is 5.78. The third-order valence-electron chi connectivity index (χ3n) is 7.60. The van der Waals surface area contributed by atoms with E-state index < -0.39 is 0 Å². The first kappa shape index (κ1) is 21.4. The van der Waals surface area contributed by atoms with Crippen molar-refractivity contribution >= 4 is 53.3 Å². The Hall–Kier alpha value is -4.66. The summed E-state index contributed by atoms with van der Waals surface area (Å²) in [5.41, 5.74) is 8.68. The van der Waals surface area contributed by atoms with E-state index in [4.69, 9.17) is 0 Å². The summed E-state index contributed by atoms with van der Waals surface area (Å²) in [5, 5.41) is 5.21. The van der Waals surface area contributed by atoms with Crippen LogP contribution in [0, 0.1) is 0 Å². The fourth-order valence-corrected chi connectivity index (χ4v) is 6.95. The number of aromatic nitrogens is 1.